The van der Waals surface area contributed by atoms with Crippen LogP contribution in [0.1, 0.15) is 57.9 Å². The Balaban J connectivity index is 2.76. The zero-order valence-electron chi connectivity index (χ0n) is 15.4. The minimum absolute atomic E-state index is 0.134. The minimum atomic E-state index is -0.660. The first kappa shape index (κ1) is 19.3. The quantitative estimate of drug-likeness (QED) is 0.618. The second-order valence-corrected chi connectivity index (χ2v) is 6.46. The number of rotatable bonds is 7. The molecule has 1 aliphatic heterocycles. The van der Waals surface area contributed by atoms with Crippen LogP contribution in [0, 0.1) is 34.0 Å². The molecule has 1 heterocycles. The van der Waals surface area contributed by atoms with E-state index in [1.807, 2.05) is 42.5 Å². The van der Waals surface area contributed by atoms with Crippen LogP contribution < -0.4 is 0 Å². The molecule has 0 bridgehead atoms. The monoisotopic (exact) mass is 345 g/mol. The van der Waals surface area contributed by atoms with E-state index in [0.717, 1.165) is 49.7 Å². The third-order valence-electron chi connectivity index (χ3n) is 4.72. The number of allylic oxidation sites excluding steroid dienone is 2. The molecule has 0 aromatic heterocycles. The molecule has 0 unspecified atom stereocenters. The highest BCUT2D eigenvalue weighted by molar-refractivity contribution is 5.84. The van der Waals surface area contributed by atoms with Crippen molar-refractivity contribution in [3.8, 4) is 18.2 Å². The second kappa shape index (κ2) is 8.89. The predicted molar refractivity (Wildman–Crippen MR) is 100 cm³/mol. The third-order valence-corrected chi connectivity index (χ3v) is 4.72. The van der Waals surface area contributed by atoms with Gasteiger partial charge in [0.05, 0.1) is 0 Å². The molecule has 4 heteroatoms. The maximum absolute atomic E-state index is 9.85. The number of nitriles is 3. The molecule has 1 aliphatic rings. The summed E-state index contributed by atoms with van der Waals surface area (Å²) >= 11 is 0. The van der Waals surface area contributed by atoms with Gasteiger partial charge in [0.2, 0.25) is 0 Å². The van der Waals surface area contributed by atoms with E-state index >= 15 is 0 Å². The van der Waals surface area contributed by atoms with E-state index in [-0.39, 0.29) is 11.3 Å². The molecule has 0 N–H and O–H groups in total. The summed E-state index contributed by atoms with van der Waals surface area (Å²) in [4.78, 5) is 0. The van der Waals surface area contributed by atoms with Crippen molar-refractivity contribution in [3.05, 3.63) is 52.8 Å². The van der Waals surface area contributed by atoms with Crippen molar-refractivity contribution in [1.82, 2.24) is 0 Å². The lowest BCUT2D eigenvalue weighted by Gasteiger charge is -2.32. The Morgan fingerprint density at radius 3 is 2.00 bits per heavy atom. The summed E-state index contributed by atoms with van der Waals surface area (Å²) in [7, 11) is 0. The zero-order valence-corrected chi connectivity index (χ0v) is 15.4. The SMILES string of the molecule is CCCCC1(CCCC)OC(=C(C#N)C#N)C(C#N)=C1c1ccccc1. The van der Waals surface area contributed by atoms with Crippen molar-refractivity contribution in [1.29, 1.82) is 15.8 Å². The van der Waals surface area contributed by atoms with Gasteiger partial charge in [-0.05, 0) is 31.2 Å². The van der Waals surface area contributed by atoms with Crippen molar-refractivity contribution >= 4 is 5.57 Å². The van der Waals surface area contributed by atoms with Gasteiger partial charge in [0, 0.05) is 5.57 Å². The van der Waals surface area contributed by atoms with Crippen molar-refractivity contribution in [2.75, 3.05) is 0 Å². The molecule has 4 nitrogen and oxygen atoms in total. The average Bonchev–Trinajstić information content (AvgIpc) is 3.01. The lowest BCUT2D eigenvalue weighted by Crippen LogP contribution is -2.30. The molecule has 0 spiro atoms. The molecule has 1 aromatic rings. The lowest BCUT2D eigenvalue weighted by molar-refractivity contribution is 0.0533. The van der Waals surface area contributed by atoms with Gasteiger partial charge >= 0.3 is 0 Å². The van der Waals surface area contributed by atoms with Gasteiger partial charge in [0.25, 0.3) is 0 Å². The van der Waals surface area contributed by atoms with E-state index in [0.29, 0.717) is 5.57 Å². The number of ether oxygens (including phenoxy) is 1. The third kappa shape index (κ3) is 3.63. The predicted octanol–water partition coefficient (Wildman–Crippen LogP) is 5.41. The van der Waals surface area contributed by atoms with E-state index < -0.39 is 5.60 Å². The molecular weight excluding hydrogens is 322 g/mol. The molecule has 0 saturated heterocycles. The number of unbranched alkanes of at least 4 members (excludes halogenated alkanes) is 2. The van der Waals surface area contributed by atoms with Crippen LogP contribution >= 0.6 is 0 Å². The fourth-order valence-corrected chi connectivity index (χ4v) is 3.46. The van der Waals surface area contributed by atoms with Gasteiger partial charge in [0.15, 0.2) is 11.3 Å². The van der Waals surface area contributed by atoms with Gasteiger partial charge in [-0.25, -0.2) is 0 Å². The Morgan fingerprint density at radius 1 is 0.962 bits per heavy atom. The van der Waals surface area contributed by atoms with Crippen LogP contribution in [0.3, 0.4) is 0 Å². The van der Waals surface area contributed by atoms with E-state index in [1.165, 1.54) is 0 Å². The lowest BCUT2D eigenvalue weighted by atomic mass is 9.79. The van der Waals surface area contributed by atoms with Crippen molar-refractivity contribution < 1.29 is 4.74 Å². The molecule has 0 amide bonds. The van der Waals surface area contributed by atoms with Crippen LogP contribution in [-0.2, 0) is 4.74 Å². The second-order valence-electron chi connectivity index (χ2n) is 6.46. The van der Waals surface area contributed by atoms with Crippen LogP contribution in [0.2, 0.25) is 0 Å². The smallest absolute Gasteiger partial charge is 0.172 e. The first-order valence-electron chi connectivity index (χ1n) is 9.11. The Bertz CT molecular complexity index is 805. The van der Waals surface area contributed by atoms with Crippen molar-refractivity contribution in [2.45, 2.75) is 58.0 Å². The number of hydrogen-bond acceptors (Lipinski definition) is 4. The number of benzene rings is 1. The number of nitrogens with zero attached hydrogens (tertiary/aromatic N) is 3. The standard InChI is InChI=1S/C22H23N3O/c1-3-5-12-22(13-6-4-2)20(17-10-8-7-9-11-17)19(16-25)21(26-22)18(14-23)15-24/h7-11H,3-6,12-13H2,1-2H3. The first-order chi connectivity index (χ1) is 12.7. The Hall–Kier alpha value is -3.03. The Labute approximate surface area is 155 Å². The van der Waals surface area contributed by atoms with Gasteiger partial charge in [-0.2, -0.15) is 15.8 Å². The van der Waals surface area contributed by atoms with Crippen molar-refractivity contribution in [3.63, 3.8) is 0 Å². The van der Waals surface area contributed by atoms with E-state index in [4.69, 9.17) is 4.74 Å². The summed E-state index contributed by atoms with van der Waals surface area (Å²) in [6.07, 6.45) is 5.41. The van der Waals surface area contributed by atoms with Gasteiger partial charge in [-0.1, -0.05) is 57.0 Å². The van der Waals surface area contributed by atoms with Gasteiger partial charge in [0.1, 0.15) is 29.4 Å². The molecular formula is C22H23N3O. The fraction of sp³-hybridized carbons (Fsp3) is 0.409. The highest BCUT2D eigenvalue weighted by atomic mass is 16.5. The molecule has 0 atom stereocenters. The molecule has 26 heavy (non-hydrogen) atoms. The van der Waals surface area contributed by atoms with Crippen LogP contribution in [0.4, 0.5) is 0 Å². The van der Waals surface area contributed by atoms with Crippen LogP contribution in [0.25, 0.3) is 5.57 Å². The van der Waals surface area contributed by atoms with Crippen molar-refractivity contribution in [2.24, 2.45) is 0 Å². The largest absolute Gasteiger partial charge is 0.479 e. The van der Waals surface area contributed by atoms with E-state index in [1.54, 1.807) is 0 Å². The summed E-state index contributed by atoms with van der Waals surface area (Å²) in [6, 6.07) is 15.7. The van der Waals surface area contributed by atoms with Gasteiger partial charge < -0.3 is 4.74 Å². The summed E-state index contributed by atoms with van der Waals surface area (Å²) in [5.41, 5.74) is 1.26. The topological polar surface area (TPSA) is 80.6 Å². The minimum Gasteiger partial charge on any atom is -0.479 e. The van der Waals surface area contributed by atoms with Crippen LogP contribution in [0.5, 0.6) is 0 Å². The van der Waals surface area contributed by atoms with E-state index in [2.05, 4.69) is 19.9 Å². The average molecular weight is 345 g/mol. The van der Waals surface area contributed by atoms with E-state index in [9.17, 15) is 15.8 Å². The van der Waals surface area contributed by atoms with Crippen LogP contribution in [0.15, 0.2) is 47.2 Å². The molecule has 1 aromatic carbocycles. The summed E-state index contributed by atoms with van der Waals surface area (Å²) in [6.45, 7) is 4.23. The maximum atomic E-state index is 9.85. The normalized spacial score (nSPS) is 15.0. The maximum Gasteiger partial charge on any atom is 0.172 e. The Kier molecular flexibility index (Phi) is 6.60. The Morgan fingerprint density at radius 2 is 1.54 bits per heavy atom. The highest BCUT2D eigenvalue weighted by Crippen LogP contribution is 2.50. The summed E-state index contributed by atoms with van der Waals surface area (Å²) < 4.78 is 6.31. The molecule has 2 rings (SSSR count). The summed E-state index contributed by atoms with van der Waals surface area (Å²) in [5.74, 6) is 0.142. The molecule has 0 radical (unpaired) electrons. The molecule has 0 fully saturated rings. The first-order valence-corrected chi connectivity index (χ1v) is 9.11. The highest BCUT2D eigenvalue weighted by Gasteiger charge is 2.46. The number of hydrogen-bond donors (Lipinski definition) is 0. The summed E-state index contributed by atoms with van der Waals surface area (Å²) in [5, 5.41) is 28.5. The molecule has 132 valence electrons. The van der Waals surface area contributed by atoms with Gasteiger partial charge in [-0.3, -0.25) is 0 Å². The van der Waals surface area contributed by atoms with Gasteiger partial charge in [-0.15, -0.1) is 0 Å². The van der Waals surface area contributed by atoms with Crippen LogP contribution in [-0.4, -0.2) is 5.60 Å². The molecule has 0 saturated carbocycles. The fourth-order valence-electron chi connectivity index (χ4n) is 3.46. The molecule has 0 aliphatic carbocycles. The zero-order chi connectivity index (χ0) is 19.0.